The summed E-state index contributed by atoms with van der Waals surface area (Å²) in [5.74, 6) is -0.507. The number of carbonyl (C=O) groups excluding carboxylic acids is 1. The number of methoxy groups -OCH3 is 1. The average Bonchev–Trinajstić information content (AvgIpc) is 3.43. The molecule has 3 aliphatic carbocycles. The summed E-state index contributed by atoms with van der Waals surface area (Å²) in [6.45, 7) is 15.5. The van der Waals surface area contributed by atoms with E-state index in [1.165, 1.54) is 0 Å². The van der Waals surface area contributed by atoms with Crippen LogP contribution >= 0.6 is 0 Å². The third-order valence-corrected chi connectivity index (χ3v) is 16.3. The monoisotopic (exact) mass is 532 g/mol. The van der Waals surface area contributed by atoms with Gasteiger partial charge in [0.2, 0.25) is 8.32 Å². The van der Waals surface area contributed by atoms with Crippen LogP contribution in [0.2, 0.25) is 16.6 Å². The van der Waals surface area contributed by atoms with Gasteiger partial charge in [0, 0.05) is 30.4 Å². The highest BCUT2D eigenvalue weighted by Gasteiger charge is 2.75. The Morgan fingerprint density at radius 1 is 1.14 bits per heavy atom. The summed E-state index contributed by atoms with van der Waals surface area (Å²) < 4.78 is 24.6. The van der Waals surface area contributed by atoms with Crippen LogP contribution in [0.1, 0.15) is 66.0 Å². The Morgan fingerprint density at radius 2 is 1.78 bits per heavy atom. The van der Waals surface area contributed by atoms with Crippen LogP contribution in [0.3, 0.4) is 0 Å². The van der Waals surface area contributed by atoms with E-state index in [0.717, 1.165) is 5.56 Å². The van der Waals surface area contributed by atoms with Crippen molar-refractivity contribution in [3.05, 3.63) is 29.3 Å². The van der Waals surface area contributed by atoms with Crippen LogP contribution in [0.4, 0.5) is 0 Å². The third kappa shape index (κ3) is 3.66. The second-order valence-electron chi connectivity index (χ2n) is 12.8. The van der Waals surface area contributed by atoms with Crippen molar-refractivity contribution in [1.82, 2.24) is 0 Å². The Labute approximate surface area is 222 Å². The van der Waals surface area contributed by atoms with Crippen molar-refractivity contribution < 1.29 is 33.6 Å². The van der Waals surface area contributed by atoms with E-state index in [9.17, 15) is 15.0 Å². The zero-order valence-corrected chi connectivity index (χ0v) is 24.5. The van der Waals surface area contributed by atoms with Crippen molar-refractivity contribution in [2.45, 2.75) is 107 Å². The summed E-state index contributed by atoms with van der Waals surface area (Å²) in [7, 11) is -0.779. The number of carbonyl (C=O) groups is 1. The topological polar surface area (TPSA) is 97.8 Å². The number of fused-ring (bicyclic) bond motifs is 6. The van der Waals surface area contributed by atoms with E-state index in [1.54, 1.807) is 7.11 Å². The number of Topliss-reactive ketones (excluding diaryl/α,β-unsaturated/α-hetero) is 1. The van der Waals surface area contributed by atoms with Crippen molar-refractivity contribution in [1.29, 1.82) is 0 Å². The molecule has 8 heteroatoms. The molecule has 7 nitrogen and oxygen atoms in total. The maximum atomic E-state index is 13.8. The van der Waals surface area contributed by atoms with Crippen LogP contribution in [0.5, 0.6) is 5.75 Å². The molecule has 1 aromatic carbocycles. The highest BCUT2D eigenvalue weighted by atomic mass is 28.4. The van der Waals surface area contributed by atoms with E-state index in [4.69, 9.17) is 18.6 Å². The molecule has 4 aliphatic rings. The summed E-state index contributed by atoms with van der Waals surface area (Å²) in [6.07, 6.45) is -1.01. The van der Waals surface area contributed by atoms with Gasteiger partial charge in [-0.3, -0.25) is 4.79 Å². The van der Waals surface area contributed by atoms with Crippen molar-refractivity contribution in [3.8, 4) is 5.75 Å². The highest BCUT2D eigenvalue weighted by Crippen LogP contribution is 2.64. The lowest BCUT2D eigenvalue weighted by molar-refractivity contribution is -0.192. The maximum absolute atomic E-state index is 13.8. The second-order valence-corrected chi connectivity index (χ2v) is 18.2. The number of ether oxygens (including phenoxy) is 3. The number of aliphatic hydroxyl groups excluding tert-OH is 1. The summed E-state index contributed by atoms with van der Waals surface area (Å²) >= 11 is 0. The van der Waals surface area contributed by atoms with Crippen molar-refractivity contribution in [2.75, 3.05) is 13.9 Å². The normalized spacial score (nSPS) is 38.5. The van der Waals surface area contributed by atoms with Gasteiger partial charge in [0.15, 0.2) is 18.2 Å². The molecule has 1 aromatic rings. The molecule has 2 N–H and O–H groups in total. The molecule has 1 aliphatic heterocycles. The molecular weight excluding hydrogens is 488 g/mol. The SMILES string of the molecule is COCOc1cccc2c1C1(O)C(O)C[C@@H]3C(=O)[C@@]4(C)O[C@H]4[C@H](O[Si](C(C)C)(C(C)C)C(C)C)[C@H]3[C@@H]1C2. The van der Waals surface area contributed by atoms with Gasteiger partial charge >= 0.3 is 0 Å². The Bertz CT molecular complexity index is 1030. The molecule has 206 valence electrons. The molecular formula is C29H44O7Si. The lowest BCUT2D eigenvalue weighted by atomic mass is 9.56. The smallest absolute Gasteiger partial charge is 0.200 e. The molecule has 8 atom stereocenters. The lowest BCUT2D eigenvalue weighted by Crippen LogP contribution is -2.65. The Kier molecular flexibility index (Phi) is 6.73. The molecule has 0 aromatic heterocycles. The van der Waals surface area contributed by atoms with Gasteiger partial charge in [0.25, 0.3) is 0 Å². The van der Waals surface area contributed by atoms with Gasteiger partial charge in [-0.25, -0.2) is 0 Å². The number of hydrogen-bond donors (Lipinski definition) is 2. The molecule has 0 spiro atoms. The molecule has 1 saturated heterocycles. The predicted molar refractivity (Wildman–Crippen MR) is 142 cm³/mol. The largest absolute Gasteiger partial charge is 0.467 e. The van der Waals surface area contributed by atoms with E-state index in [2.05, 4.69) is 41.5 Å². The number of epoxide rings is 1. The van der Waals surface area contributed by atoms with Gasteiger partial charge in [0.1, 0.15) is 17.5 Å². The van der Waals surface area contributed by atoms with Crippen LogP contribution in [0, 0.1) is 17.8 Å². The average molecular weight is 533 g/mol. The van der Waals surface area contributed by atoms with Crippen LogP contribution < -0.4 is 4.74 Å². The standard InChI is InChI=1S/C29H44O7Si/c1-15(2)37(16(3)4,17(5)6)36-25-23-19(26(31)28(7)27(25)35-28)13-22(30)29(32)20(23)12-18-10-9-11-21(24(18)29)34-14-33-8/h9-11,15-17,19-20,22-23,25,27,30,32H,12-14H2,1-8H3/t19-,20-,22?,23+,25+,27-,28+,29?/m0/s1. The molecule has 0 bridgehead atoms. The minimum absolute atomic E-state index is 0.0428. The zero-order chi connectivity index (χ0) is 27.1. The van der Waals surface area contributed by atoms with E-state index < -0.39 is 31.5 Å². The van der Waals surface area contributed by atoms with Crippen LogP contribution in [-0.2, 0) is 30.7 Å². The number of aliphatic hydroxyl groups is 2. The quantitative estimate of drug-likeness (QED) is 0.292. The summed E-state index contributed by atoms with van der Waals surface area (Å²) in [5.41, 5.74) is 0.272. The van der Waals surface area contributed by atoms with Crippen molar-refractivity contribution >= 4 is 14.1 Å². The fourth-order valence-corrected chi connectivity index (χ4v) is 14.2. The predicted octanol–water partition coefficient (Wildman–Crippen LogP) is 4.33. The molecule has 37 heavy (non-hydrogen) atoms. The molecule has 1 heterocycles. The summed E-state index contributed by atoms with van der Waals surface area (Å²) in [4.78, 5) is 13.8. The summed E-state index contributed by atoms with van der Waals surface area (Å²) in [5, 5.41) is 23.9. The zero-order valence-electron chi connectivity index (χ0n) is 23.5. The van der Waals surface area contributed by atoms with Gasteiger partial charge in [-0.05, 0) is 48.0 Å². The van der Waals surface area contributed by atoms with Crippen molar-refractivity contribution in [2.24, 2.45) is 17.8 Å². The molecule has 5 rings (SSSR count). The van der Waals surface area contributed by atoms with Crippen LogP contribution in [0.15, 0.2) is 18.2 Å². The molecule has 0 radical (unpaired) electrons. The molecule has 0 amide bonds. The first kappa shape index (κ1) is 27.3. The number of benzene rings is 1. The van der Waals surface area contributed by atoms with E-state index in [-0.39, 0.29) is 43.0 Å². The number of hydrogen-bond acceptors (Lipinski definition) is 7. The van der Waals surface area contributed by atoms with Crippen LogP contribution in [0.25, 0.3) is 0 Å². The van der Waals surface area contributed by atoms with E-state index >= 15 is 0 Å². The molecule has 2 unspecified atom stereocenters. The van der Waals surface area contributed by atoms with E-state index in [1.807, 2.05) is 25.1 Å². The Balaban J connectivity index is 1.61. The second kappa shape index (κ2) is 9.13. The number of ketones is 1. The van der Waals surface area contributed by atoms with Gasteiger partial charge in [-0.2, -0.15) is 0 Å². The van der Waals surface area contributed by atoms with Crippen molar-refractivity contribution in [3.63, 3.8) is 0 Å². The molecule has 3 fully saturated rings. The van der Waals surface area contributed by atoms with Gasteiger partial charge in [-0.15, -0.1) is 0 Å². The third-order valence-electron chi connectivity index (χ3n) is 10.2. The first-order chi connectivity index (χ1) is 17.3. The van der Waals surface area contributed by atoms with Gasteiger partial charge in [0.05, 0.1) is 12.2 Å². The first-order valence-electron chi connectivity index (χ1n) is 13.9. The van der Waals surface area contributed by atoms with Gasteiger partial charge in [-0.1, -0.05) is 53.7 Å². The minimum atomic E-state index is -2.33. The fraction of sp³-hybridized carbons (Fsp3) is 0.759. The first-order valence-corrected chi connectivity index (χ1v) is 16.0. The Hall–Kier alpha value is -1.29. The lowest BCUT2D eigenvalue weighted by Gasteiger charge is -2.54. The fourth-order valence-electron chi connectivity index (χ4n) is 8.63. The number of rotatable bonds is 8. The highest BCUT2D eigenvalue weighted by molar-refractivity contribution is 6.77. The Morgan fingerprint density at radius 3 is 2.38 bits per heavy atom. The van der Waals surface area contributed by atoms with Crippen LogP contribution in [-0.4, -0.2) is 62.1 Å². The van der Waals surface area contributed by atoms with E-state index in [0.29, 0.717) is 34.4 Å². The minimum Gasteiger partial charge on any atom is -0.467 e. The maximum Gasteiger partial charge on any atom is 0.200 e. The summed E-state index contributed by atoms with van der Waals surface area (Å²) in [6, 6.07) is 5.71. The van der Waals surface area contributed by atoms with Gasteiger partial charge < -0.3 is 28.8 Å². The molecule has 2 saturated carbocycles.